The first-order valence-electron chi connectivity index (χ1n) is 0.974. The van der Waals surface area contributed by atoms with Gasteiger partial charge in [-0.2, -0.15) is 11.1 Å². The smallest absolute Gasteiger partial charge is 0.122 e. The average molecular weight is 162 g/mol. The van der Waals surface area contributed by atoms with Crippen LogP contribution in [-0.2, 0) is 0 Å². The summed E-state index contributed by atoms with van der Waals surface area (Å²) in [5, 5.41) is 0. The third kappa shape index (κ3) is 12.1. The van der Waals surface area contributed by atoms with Crippen LogP contribution in [0.5, 0.6) is 0 Å². The first-order chi connectivity index (χ1) is 1.41. The van der Waals surface area contributed by atoms with E-state index < -0.39 is 0 Å². The van der Waals surface area contributed by atoms with E-state index in [1.54, 1.807) is 0 Å². The van der Waals surface area contributed by atoms with Crippen molar-refractivity contribution in [3.63, 3.8) is 0 Å². The fourth-order valence-corrected chi connectivity index (χ4v) is 0. The van der Waals surface area contributed by atoms with Crippen molar-refractivity contribution >= 4 is 36.9 Å². The van der Waals surface area contributed by atoms with Crippen molar-refractivity contribution in [2.45, 2.75) is 6.55 Å². The molecule has 0 aliphatic rings. The molecular weight excluding hydrogens is 155 g/mol. The molecule has 0 nitrogen and oxygen atoms in total. The number of hydrogen-bond acceptors (Lipinski definition) is 0. The molecule has 0 radical (unpaired) electrons. The van der Waals surface area contributed by atoms with Gasteiger partial charge in [-0.3, -0.25) is 0 Å². The predicted molar refractivity (Wildman–Crippen MR) is 30.6 cm³/mol. The molecule has 0 fully saturated rings. The third-order valence-corrected chi connectivity index (χ3v) is 0. The quantitative estimate of drug-likeness (QED) is 0.366. The maximum atomic E-state index is 5.14. The van der Waals surface area contributed by atoms with Crippen LogP contribution in [0.25, 0.3) is 0 Å². The minimum absolute atomic E-state index is 0. The first kappa shape index (κ1) is 8.89. The van der Waals surface area contributed by atoms with Gasteiger partial charge >= 0.3 is 0 Å². The summed E-state index contributed by atoms with van der Waals surface area (Å²) < 4.78 is 0. The van der Waals surface area contributed by atoms with Crippen LogP contribution in [0.3, 0.4) is 0 Å². The van der Waals surface area contributed by atoms with Crippen LogP contribution >= 0.6 is 28.1 Å². The minimum Gasteiger partial charge on any atom is -0.176 e. The lowest BCUT2D eigenvalue weighted by atomic mass is 11.9. The Balaban J connectivity index is 0. The summed E-state index contributed by atoms with van der Waals surface area (Å²) in [6.07, 6.45) is 0. The normalized spacial score (nSPS) is 7.50. The molecule has 0 saturated carbocycles. The molecule has 0 amide bonds. The van der Waals surface area contributed by atoms with Crippen LogP contribution in [0.15, 0.2) is 0 Å². The molecule has 0 rings (SSSR count). The zero-order valence-corrected chi connectivity index (χ0v) is 6.38. The van der Waals surface area contributed by atoms with Gasteiger partial charge in [-0.25, -0.2) is 0 Å². The Bertz CT molecular complexity index is 8.00. The molecule has 0 spiro atoms. The molecular formula is CH6BrClSi. The van der Waals surface area contributed by atoms with E-state index in [1.807, 2.05) is 6.55 Å². The SMILES string of the molecule is Br.C[SiH2]Cl. The fourth-order valence-electron chi connectivity index (χ4n) is 0. The molecule has 0 N–H and O–H groups in total. The second-order valence-electron chi connectivity index (χ2n) is 0.267. The Hall–Kier alpha value is 0.987. The molecule has 0 aliphatic carbocycles. The largest absolute Gasteiger partial charge is 0.176 e. The Morgan fingerprint density at radius 1 is 1.75 bits per heavy atom. The van der Waals surface area contributed by atoms with E-state index in [0.29, 0.717) is 0 Å². The highest BCUT2D eigenvalue weighted by atomic mass is 79.9. The van der Waals surface area contributed by atoms with Crippen LogP contribution in [0.1, 0.15) is 0 Å². The molecule has 4 heavy (non-hydrogen) atoms. The van der Waals surface area contributed by atoms with Gasteiger partial charge in [-0.05, 0) is 0 Å². The molecule has 0 atom stereocenters. The molecule has 0 aromatic carbocycles. The molecule has 28 valence electrons. The Labute approximate surface area is 43.8 Å². The van der Waals surface area contributed by atoms with Gasteiger partial charge in [0, 0.05) is 0 Å². The van der Waals surface area contributed by atoms with Gasteiger partial charge in [-0.1, -0.05) is 6.55 Å². The Morgan fingerprint density at radius 2 is 1.75 bits per heavy atom. The van der Waals surface area contributed by atoms with Gasteiger partial charge in [0.2, 0.25) is 0 Å². The van der Waals surface area contributed by atoms with Crippen LogP contribution < -0.4 is 0 Å². The van der Waals surface area contributed by atoms with E-state index in [1.165, 1.54) is 0 Å². The average Bonchev–Trinajstić information content (AvgIpc) is 0.918. The number of hydrogen-bond donors (Lipinski definition) is 0. The van der Waals surface area contributed by atoms with Crippen LogP contribution in [0.4, 0.5) is 0 Å². The summed E-state index contributed by atoms with van der Waals surface area (Å²) in [5.74, 6) is 0. The highest BCUT2D eigenvalue weighted by Crippen LogP contribution is 1.54. The molecule has 0 heterocycles. The summed E-state index contributed by atoms with van der Waals surface area (Å²) in [7, 11) is -0.111. The van der Waals surface area contributed by atoms with Gasteiger partial charge in [0.05, 0.1) is 0 Å². The minimum atomic E-state index is -0.111. The molecule has 0 aromatic rings. The van der Waals surface area contributed by atoms with E-state index >= 15 is 0 Å². The lowest BCUT2D eigenvalue weighted by Crippen LogP contribution is -1.45. The summed E-state index contributed by atoms with van der Waals surface area (Å²) in [6, 6.07) is 0. The van der Waals surface area contributed by atoms with Crippen molar-refractivity contribution in [3.8, 4) is 0 Å². The second-order valence-corrected chi connectivity index (χ2v) is 2.41. The number of halogens is 2. The molecule has 3 heteroatoms. The first-order valence-corrected chi connectivity index (χ1v) is 4.53. The monoisotopic (exact) mass is 160 g/mol. The lowest BCUT2D eigenvalue weighted by molar-refractivity contribution is 2.37. The third-order valence-electron chi connectivity index (χ3n) is 0. The zero-order valence-electron chi connectivity index (χ0n) is 2.49. The van der Waals surface area contributed by atoms with E-state index in [-0.39, 0.29) is 25.8 Å². The van der Waals surface area contributed by atoms with E-state index in [4.69, 9.17) is 11.1 Å². The number of rotatable bonds is 0. The maximum absolute atomic E-state index is 5.14. The van der Waals surface area contributed by atoms with Crippen molar-refractivity contribution in [1.82, 2.24) is 0 Å². The van der Waals surface area contributed by atoms with Gasteiger partial charge in [0.15, 0.2) is 0 Å². The van der Waals surface area contributed by atoms with Gasteiger partial charge in [-0.15, -0.1) is 17.0 Å². The predicted octanol–water partition coefficient (Wildman–Crippen LogP) is 0.935. The van der Waals surface area contributed by atoms with Crippen LogP contribution in [0.2, 0.25) is 6.55 Å². The summed E-state index contributed by atoms with van der Waals surface area (Å²) in [4.78, 5) is 0. The molecule has 0 saturated heterocycles. The summed E-state index contributed by atoms with van der Waals surface area (Å²) >= 11 is 5.14. The standard InChI is InChI=1S/CH5ClSi.BrH/c1-3-2;/h3H2,1H3;1H. The molecule has 0 bridgehead atoms. The Kier molecular flexibility index (Phi) is 20.0. The van der Waals surface area contributed by atoms with E-state index in [9.17, 15) is 0 Å². The van der Waals surface area contributed by atoms with Gasteiger partial charge in [0.25, 0.3) is 0 Å². The maximum Gasteiger partial charge on any atom is 0.122 e. The van der Waals surface area contributed by atoms with Crippen molar-refractivity contribution in [1.29, 1.82) is 0 Å². The highest BCUT2D eigenvalue weighted by Gasteiger charge is 1.42. The summed E-state index contributed by atoms with van der Waals surface area (Å²) in [5.41, 5.74) is 0. The van der Waals surface area contributed by atoms with Crippen LogP contribution in [-0.4, -0.2) is 8.83 Å². The van der Waals surface area contributed by atoms with Gasteiger partial charge in [0.1, 0.15) is 8.83 Å². The van der Waals surface area contributed by atoms with Crippen molar-refractivity contribution in [2.75, 3.05) is 0 Å². The highest BCUT2D eigenvalue weighted by molar-refractivity contribution is 8.93. The molecule has 0 aromatic heterocycles. The Morgan fingerprint density at radius 3 is 1.75 bits per heavy atom. The summed E-state index contributed by atoms with van der Waals surface area (Å²) in [6.45, 7) is 2.03. The molecule has 0 aliphatic heterocycles. The van der Waals surface area contributed by atoms with E-state index in [2.05, 4.69) is 0 Å². The zero-order chi connectivity index (χ0) is 2.71. The topological polar surface area (TPSA) is 0 Å². The van der Waals surface area contributed by atoms with Crippen molar-refractivity contribution < 1.29 is 0 Å². The van der Waals surface area contributed by atoms with Crippen molar-refractivity contribution in [3.05, 3.63) is 0 Å². The van der Waals surface area contributed by atoms with Gasteiger partial charge < -0.3 is 0 Å². The second kappa shape index (κ2) is 9.01. The lowest BCUT2D eigenvalue weighted by Gasteiger charge is -1.42. The molecule has 0 unspecified atom stereocenters. The fraction of sp³-hybridized carbons (Fsp3) is 1.00. The van der Waals surface area contributed by atoms with E-state index in [0.717, 1.165) is 0 Å². The van der Waals surface area contributed by atoms with Crippen LogP contribution in [0, 0.1) is 0 Å². The van der Waals surface area contributed by atoms with Crippen molar-refractivity contribution in [2.24, 2.45) is 0 Å².